The minimum atomic E-state index is -1.59. The molecule has 4 N–H and O–H groups in total. The Hall–Kier alpha value is -3.39. The minimum absolute atomic E-state index is 0.0829. The quantitative estimate of drug-likeness (QED) is 0.488. The highest BCUT2D eigenvalue weighted by molar-refractivity contribution is 5.91. The number of aliphatic carboxylic acids is 1. The fourth-order valence-corrected chi connectivity index (χ4v) is 4.60. The SMILES string of the molecule is CC(O)(CNC(=O)C1(NC(=O)OCC2c3ccccc3-c3ccccc32)CCC1)CC(=O)O. The first-order valence-electron chi connectivity index (χ1n) is 11.1. The number of carbonyl (C=O) groups is 3. The smallest absolute Gasteiger partial charge is 0.408 e. The summed E-state index contributed by atoms with van der Waals surface area (Å²) in [6, 6.07) is 16.1. The van der Waals surface area contributed by atoms with Gasteiger partial charge in [0.05, 0.1) is 12.0 Å². The average Bonchev–Trinajstić information content (AvgIpc) is 3.06. The van der Waals surface area contributed by atoms with Crippen molar-refractivity contribution >= 4 is 18.0 Å². The van der Waals surface area contributed by atoms with Crippen molar-refractivity contribution in [2.75, 3.05) is 13.2 Å². The molecule has 0 radical (unpaired) electrons. The third-order valence-corrected chi connectivity index (χ3v) is 6.49. The first kappa shape index (κ1) is 22.8. The van der Waals surface area contributed by atoms with E-state index in [-0.39, 0.29) is 19.1 Å². The Morgan fingerprint density at radius 3 is 2.15 bits per heavy atom. The summed E-state index contributed by atoms with van der Waals surface area (Å²) in [5.41, 5.74) is 1.76. The number of nitrogens with one attached hydrogen (secondary N) is 2. The van der Waals surface area contributed by atoms with E-state index in [0.717, 1.165) is 28.7 Å². The third-order valence-electron chi connectivity index (χ3n) is 6.49. The van der Waals surface area contributed by atoms with Gasteiger partial charge in [0.25, 0.3) is 0 Å². The van der Waals surface area contributed by atoms with E-state index in [2.05, 4.69) is 22.8 Å². The molecule has 8 heteroatoms. The first-order chi connectivity index (χ1) is 15.7. The maximum absolute atomic E-state index is 12.8. The second-order valence-electron chi connectivity index (χ2n) is 9.14. The number of carbonyl (C=O) groups excluding carboxylic acids is 2. The van der Waals surface area contributed by atoms with E-state index >= 15 is 0 Å². The van der Waals surface area contributed by atoms with Crippen LogP contribution in [0.25, 0.3) is 11.1 Å². The van der Waals surface area contributed by atoms with E-state index in [0.29, 0.717) is 12.8 Å². The summed E-state index contributed by atoms with van der Waals surface area (Å²) in [7, 11) is 0. The Kier molecular flexibility index (Phi) is 6.12. The monoisotopic (exact) mass is 452 g/mol. The summed E-state index contributed by atoms with van der Waals surface area (Å²) in [5.74, 6) is -1.70. The van der Waals surface area contributed by atoms with Gasteiger partial charge in [0.15, 0.2) is 0 Å². The van der Waals surface area contributed by atoms with Crippen molar-refractivity contribution in [1.82, 2.24) is 10.6 Å². The molecule has 2 amide bonds. The lowest BCUT2D eigenvalue weighted by Gasteiger charge is -2.40. The number of amides is 2. The van der Waals surface area contributed by atoms with E-state index in [1.54, 1.807) is 0 Å². The molecule has 33 heavy (non-hydrogen) atoms. The van der Waals surface area contributed by atoms with Crippen LogP contribution in [0.1, 0.15) is 49.7 Å². The predicted molar refractivity (Wildman–Crippen MR) is 121 cm³/mol. The predicted octanol–water partition coefficient (Wildman–Crippen LogP) is 2.79. The Bertz CT molecular complexity index is 1030. The molecule has 0 saturated heterocycles. The summed E-state index contributed by atoms with van der Waals surface area (Å²) in [6.45, 7) is 1.25. The van der Waals surface area contributed by atoms with Gasteiger partial charge in [-0.05, 0) is 48.4 Å². The van der Waals surface area contributed by atoms with Gasteiger partial charge >= 0.3 is 12.1 Å². The number of fused-ring (bicyclic) bond motifs is 3. The summed E-state index contributed by atoms with van der Waals surface area (Å²) >= 11 is 0. The number of rotatable bonds is 8. The minimum Gasteiger partial charge on any atom is -0.481 e. The van der Waals surface area contributed by atoms with Crippen molar-refractivity contribution in [3.8, 4) is 11.1 Å². The van der Waals surface area contributed by atoms with Gasteiger partial charge in [0, 0.05) is 12.5 Å². The summed E-state index contributed by atoms with van der Waals surface area (Å²) in [6.07, 6.45) is 0.487. The molecule has 2 aromatic rings. The average molecular weight is 453 g/mol. The van der Waals surface area contributed by atoms with Gasteiger partial charge in [0.1, 0.15) is 12.1 Å². The van der Waals surface area contributed by atoms with E-state index in [1.165, 1.54) is 6.92 Å². The van der Waals surface area contributed by atoms with Crippen molar-refractivity contribution in [2.45, 2.75) is 49.7 Å². The molecule has 1 fully saturated rings. The molecule has 0 spiro atoms. The van der Waals surface area contributed by atoms with Crippen molar-refractivity contribution < 1.29 is 29.3 Å². The maximum Gasteiger partial charge on any atom is 0.408 e. The maximum atomic E-state index is 12.8. The molecular weight excluding hydrogens is 424 g/mol. The van der Waals surface area contributed by atoms with Crippen LogP contribution in [0.15, 0.2) is 48.5 Å². The number of carboxylic acids is 1. The first-order valence-corrected chi connectivity index (χ1v) is 11.1. The number of carboxylic acid groups (broad SMARTS) is 1. The Balaban J connectivity index is 1.37. The molecule has 2 aromatic carbocycles. The van der Waals surface area contributed by atoms with Crippen molar-refractivity contribution in [3.05, 3.63) is 59.7 Å². The highest BCUT2D eigenvalue weighted by atomic mass is 16.5. The zero-order valence-electron chi connectivity index (χ0n) is 18.5. The molecule has 2 aliphatic carbocycles. The number of ether oxygens (including phenoxy) is 1. The largest absolute Gasteiger partial charge is 0.481 e. The van der Waals surface area contributed by atoms with Crippen LogP contribution in [0, 0.1) is 0 Å². The van der Waals surface area contributed by atoms with Gasteiger partial charge in [-0.1, -0.05) is 48.5 Å². The van der Waals surface area contributed by atoms with Crippen LogP contribution in [0.3, 0.4) is 0 Å². The van der Waals surface area contributed by atoms with Gasteiger partial charge in [-0.3, -0.25) is 9.59 Å². The lowest BCUT2D eigenvalue weighted by Crippen LogP contribution is -2.64. The molecule has 8 nitrogen and oxygen atoms in total. The van der Waals surface area contributed by atoms with Gasteiger partial charge in [-0.2, -0.15) is 0 Å². The molecule has 0 bridgehead atoms. The van der Waals surface area contributed by atoms with Crippen LogP contribution in [-0.2, 0) is 14.3 Å². The zero-order chi connectivity index (χ0) is 23.6. The molecule has 174 valence electrons. The lowest BCUT2D eigenvalue weighted by molar-refractivity contribution is -0.143. The summed E-state index contributed by atoms with van der Waals surface area (Å²) in [4.78, 5) is 36.3. The van der Waals surface area contributed by atoms with Crippen LogP contribution in [0.5, 0.6) is 0 Å². The molecule has 0 aromatic heterocycles. The van der Waals surface area contributed by atoms with Crippen LogP contribution < -0.4 is 10.6 Å². The molecule has 1 atom stereocenters. The highest BCUT2D eigenvalue weighted by Crippen LogP contribution is 2.44. The third kappa shape index (κ3) is 4.71. The number of hydrogen-bond donors (Lipinski definition) is 4. The second-order valence-corrected chi connectivity index (χ2v) is 9.14. The van der Waals surface area contributed by atoms with Gasteiger partial charge in [-0.25, -0.2) is 4.79 Å². The van der Waals surface area contributed by atoms with Crippen molar-refractivity contribution in [2.24, 2.45) is 0 Å². The fraction of sp³-hybridized carbons (Fsp3) is 0.400. The van der Waals surface area contributed by atoms with E-state index < -0.39 is 35.5 Å². The van der Waals surface area contributed by atoms with E-state index in [4.69, 9.17) is 9.84 Å². The molecule has 0 heterocycles. The van der Waals surface area contributed by atoms with Crippen LogP contribution in [0.2, 0.25) is 0 Å². The van der Waals surface area contributed by atoms with Gasteiger partial charge in [0.2, 0.25) is 5.91 Å². The topological polar surface area (TPSA) is 125 Å². The van der Waals surface area contributed by atoms with Crippen molar-refractivity contribution in [3.63, 3.8) is 0 Å². The van der Waals surface area contributed by atoms with E-state index in [1.807, 2.05) is 36.4 Å². The van der Waals surface area contributed by atoms with Gasteiger partial charge < -0.3 is 25.6 Å². The highest BCUT2D eigenvalue weighted by Gasteiger charge is 2.46. The fourth-order valence-electron chi connectivity index (χ4n) is 4.60. The number of aliphatic hydroxyl groups is 1. The van der Waals surface area contributed by atoms with Gasteiger partial charge in [-0.15, -0.1) is 0 Å². The summed E-state index contributed by atoms with van der Waals surface area (Å²) in [5, 5.41) is 24.3. The van der Waals surface area contributed by atoms with E-state index in [9.17, 15) is 19.5 Å². The molecule has 1 saturated carbocycles. The lowest BCUT2D eigenvalue weighted by atomic mass is 9.76. The molecule has 4 rings (SSSR count). The molecule has 0 aliphatic heterocycles. The molecule has 2 aliphatic rings. The van der Waals surface area contributed by atoms with Crippen molar-refractivity contribution in [1.29, 1.82) is 0 Å². The molecular formula is C25H28N2O6. The van der Waals surface area contributed by atoms with Crippen LogP contribution >= 0.6 is 0 Å². The van der Waals surface area contributed by atoms with Crippen LogP contribution in [-0.4, -0.2) is 52.5 Å². The standard InChI is InChI=1S/C25H28N2O6/c1-24(32,13-21(28)29)15-26-22(30)25(11-6-12-25)27-23(31)33-14-20-18-9-4-2-7-16(18)17-8-3-5-10-19(17)20/h2-5,7-10,20,32H,6,11-15H2,1H3,(H,26,30)(H,27,31)(H,28,29). The normalized spacial score (nSPS) is 17.6. The zero-order valence-corrected chi connectivity index (χ0v) is 18.5. The van der Waals surface area contributed by atoms with Crippen LogP contribution in [0.4, 0.5) is 4.79 Å². The number of alkyl carbamates (subject to hydrolysis) is 1. The Morgan fingerprint density at radius 1 is 1.06 bits per heavy atom. The summed E-state index contributed by atoms with van der Waals surface area (Å²) < 4.78 is 5.56. The number of benzene rings is 2. The number of hydrogen-bond acceptors (Lipinski definition) is 5. The molecule has 1 unspecified atom stereocenters. The second kappa shape index (κ2) is 8.86. The Labute approximate surface area is 192 Å². The Morgan fingerprint density at radius 2 is 1.64 bits per heavy atom.